The average Bonchev–Trinajstić information content (AvgIpc) is 2.97. The second kappa shape index (κ2) is 7.21. The molecule has 1 aliphatic rings. The number of nitrogens with zero attached hydrogens (tertiary/aromatic N) is 3. The lowest BCUT2D eigenvalue weighted by molar-refractivity contribution is -0.385. The van der Waals surface area contributed by atoms with Crippen molar-refractivity contribution in [1.82, 2.24) is 9.88 Å². The Morgan fingerprint density at radius 2 is 2.27 bits per heavy atom. The van der Waals surface area contributed by atoms with E-state index in [2.05, 4.69) is 4.98 Å². The summed E-state index contributed by atoms with van der Waals surface area (Å²) in [7, 11) is 0. The van der Waals surface area contributed by atoms with E-state index in [0.29, 0.717) is 30.2 Å². The maximum atomic E-state index is 12.0. The van der Waals surface area contributed by atoms with Gasteiger partial charge in [-0.05, 0) is 18.9 Å². The lowest BCUT2D eigenvalue weighted by atomic mass is 10.2. The van der Waals surface area contributed by atoms with Crippen LogP contribution in [0.5, 0.6) is 0 Å². The average molecular weight is 325 g/mol. The van der Waals surface area contributed by atoms with E-state index in [1.807, 2.05) is 0 Å². The summed E-state index contributed by atoms with van der Waals surface area (Å²) >= 11 is 1.31. The molecule has 1 amide bonds. The molecule has 1 aromatic rings. The Morgan fingerprint density at radius 1 is 1.50 bits per heavy atom. The molecule has 1 atom stereocenters. The van der Waals surface area contributed by atoms with E-state index in [1.54, 1.807) is 0 Å². The Hall–Kier alpha value is -2.16. The van der Waals surface area contributed by atoms with Crippen molar-refractivity contribution in [1.29, 1.82) is 0 Å². The number of nitro groups is 1. The van der Waals surface area contributed by atoms with Crippen LogP contribution in [-0.2, 0) is 9.59 Å². The summed E-state index contributed by atoms with van der Waals surface area (Å²) in [6, 6.07) is 2.18. The molecule has 1 aliphatic heterocycles. The van der Waals surface area contributed by atoms with Gasteiger partial charge in [0.15, 0.2) is 0 Å². The van der Waals surface area contributed by atoms with Crippen LogP contribution in [0.25, 0.3) is 0 Å². The summed E-state index contributed by atoms with van der Waals surface area (Å²) in [5.41, 5.74) is -0.0817. The largest absolute Gasteiger partial charge is 0.480 e. The molecule has 1 N–H and O–H groups in total. The summed E-state index contributed by atoms with van der Waals surface area (Å²) in [5.74, 6) is -0.693. The smallest absolute Gasteiger partial charge is 0.326 e. The number of carbonyl (C=O) groups is 2. The molecule has 2 heterocycles. The lowest BCUT2D eigenvalue weighted by Gasteiger charge is -2.21. The molecule has 0 radical (unpaired) electrons. The number of aromatic nitrogens is 1. The fourth-order valence-corrected chi connectivity index (χ4v) is 3.05. The Bertz CT molecular complexity index is 578. The Labute approximate surface area is 130 Å². The van der Waals surface area contributed by atoms with Gasteiger partial charge in [0.1, 0.15) is 12.2 Å². The van der Waals surface area contributed by atoms with Gasteiger partial charge in [-0.15, -0.1) is 11.8 Å². The highest BCUT2D eigenvalue weighted by atomic mass is 32.2. The highest BCUT2D eigenvalue weighted by molar-refractivity contribution is 7.99. The third kappa shape index (κ3) is 3.94. The molecular weight excluding hydrogens is 310 g/mol. The summed E-state index contributed by atoms with van der Waals surface area (Å²) in [4.78, 5) is 38.4. The van der Waals surface area contributed by atoms with Crippen LogP contribution in [0.3, 0.4) is 0 Å². The van der Waals surface area contributed by atoms with Gasteiger partial charge < -0.3 is 10.0 Å². The van der Waals surface area contributed by atoms with Crippen molar-refractivity contribution >= 4 is 29.3 Å². The molecule has 0 aromatic carbocycles. The number of likely N-dealkylation sites (tertiary alicyclic amines) is 1. The monoisotopic (exact) mass is 325 g/mol. The van der Waals surface area contributed by atoms with E-state index in [-0.39, 0.29) is 18.0 Å². The normalized spacial score (nSPS) is 17.5. The number of rotatable bonds is 6. The molecule has 0 aliphatic carbocycles. The third-order valence-corrected chi connectivity index (χ3v) is 4.30. The van der Waals surface area contributed by atoms with Crippen molar-refractivity contribution < 1.29 is 19.6 Å². The number of pyridine rings is 1. The number of carboxylic acid groups (broad SMARTS) is 1. The van der Waals surface area contributed by atoms with E-state index in [0.717, 1.165) is 0 Å². The molecule has 2 rings (SSSR count). The Morgan fingerprint density at radius 3 is 2.86 bits per heavy atom. The fourth-order valence-electron chi connectivity index (χ4n) is 2.27. The highest BCUT2D eigenvalue weighted by Crippen LogP contribution is 2.22. The first kappa shape index (κ1) is 16.2. The van der Waals surface area contributed by atoms with Crippen LogP contribution < -0.4 is 0 Å². The molecule has 8 nitrogen and oxygen atoms in total. The molecule has 1 aromatic heterocycles. The number of carbonyl (C=O) groups excluding carboxylic acids is 1. The first-order valence-corrected chi connectivity index (χ1v) is 7.73. The van der Waals surface area contributed by atoms with Gasteiger partial charge in [-0.3, -0.25) is 14.9 Å². The van der Waals surface area contributed by atoms with Gasteiger partial charge in [-0.1, -0.05) is 0 Å². The highest BCUT2D eigenvalue weighted by Gasteiger charge is 2.33. The number of carboxylic acids is 1. The van der Waals surface area contributed by atoms with Crippen LogP contribution in [-0.4, -0.2) is 50.1 Å². The minimum absolute atomic E-state index is 0.0817. The second-order valence-electron chi connectivity index (χ2n) is 4.79. The maximum absolute atomic E-state index is 12.0. The molecule has 118 valence electrons. The zero-order valence-electron chi connectivity index (χ0n) is 11.7. The van der Waals surface area contributed by atoms with Crippen molar-refractivity contribution in [2.75, 3.05) is 12.3 Å². The fraction of sp³-hybridized carbons (Fsp3) is 0.462. The lowest BCUT2D eigenvalue weighted by Crippen LogP contribution is -2.40. The van der Waals surface area contributed by atoms with Crippen LogP contribution in [0.15, 0.2) is 23.4 Å². The van der Waals surface area contributed by atoms with Crippen molar-refractivity contribution in [3.8, 4) is 0 Å². The molecule has 1 saturated heterocycles. The molecule has 0 spiro atoms. The zero-order valence-corrected chi connectivity index (χ0v) is 12.5. The second-order valence-corrected chi connectivity index (χ2v) is 5.91. The van der Waals surface area contributed by atoms with E-state index < -0.39 is 16.9 Å². The van der Waals surface area contributed by atoms with Gasteiger partial charge in [0.25, 0.3) is 5.69 Å². The van der Waals surface area contributed by atoms with Crippen LogP contribution in [0, 0.1) is 10.1 Å². The molecule has 0 saturated carbocycles. The predicted octanol–water partition coefficient (Wildman–Crippen LogP) is 1.55. The zero-order chi connectivity index (χ0) is 16.1. The molecular formula is C13H15N3O5S. The van der Waals surface area contributed by atoms with Gasteiger partial charge >= 0.3 is 5.97 Å². The SMILES string of the molecule is O=C(O)C1CCCN1C(=O)CCSc1ccc([N+](=O)[O-])cn1. The third-order valence-electron chi connectivity index (χ3n) is 3.36. The minimum Gasteiger partial charge on any atom is -0.480 e. The number of hydrogen-bond donors (Lipinski definition) is 1. The van der Waals surface area contributed by atoms with Gasteiger partial charge in [0, 0.05) is 24.8 Å². The number of aliphatic carboxylic acids is 1. The Kier molecular flexibility index (Phi) is 5.31. The molecule has 9 heteroatoms. The number of thioether (sulfide) groups is 1. The molecule has 0 bridgehead atoms. The van der Waals surface area contributed by atoms with Crippen molar-refractivity contribution in [2.24, 2.45) is 0 Å². The molecule has 22 heavy (non-hydrogen) atoms. The van der Waals surface area contributed by atoms with E-state index >= 15 is 0 Å². The molecule has 1 unspecified atom stereocenters. The van der Waals surface area contributed by atoms with Crippen LogP contribution >= 0.6 is 11.8 Å². The topological polar surface area (TPSA) is 114 Å². The van der Waals surface area contributed by atoms with Gasteiger partial charge in [0.05, 0.1) is 9.95 Å². The summed E-state index contributed by atoms with van der Waals surface area (Å²) < 4.78 is 0. The summed E-state index contributed by atoms with van der Waals surface area (Å²) in [5, 5.41) is 20.1. The first-order valence-electron chi connectivity index (χ1n) is 6.74. The Balaban J connectivity index is 1.81. The van der Waals surface area contributed by atoms with E-state index in [9.17, 15) is 19.7 Å². The van der Waals surface area contributed by atoms with Gasteiger partial charge in [-0.2, -0.15) is 0 Å². The molecule has 1 fully saturated rings. The quantitative estimate of drug-likeness (QED) is 0.479. The number of amides is 1. The van der Waals surface area contributed by atoms with Crippen LogP contribution in [0.2, 0.25) is 0 Å². The van der Waals surface area contributed by atoms with Crippen LogP contribution in [0.1, 0.15) is 19.3 Å². The van der Waals surface area contributed by atoms with Gasteiger partial charge in [-0.25, -0.2) is 9.78 Å². The van der Waals surface area contributed by atoms with Gasteiger partial charge in [0.2, 0.25) is 5.91 Å². The first-order chi connectivity index (χ1) is 10.5. The van der Waals surface area contributed by atoms with E-state index in [4.69, 9.17) is 5.11 Å². The maximum Gasteiger partial charge on any atom is 0.326 e. The minimum atomic E-state index is -0.962. The summed E-state index contributed by atoms with van der Waals surface area (Å²) in [6.07, 6.45) is 2.59. The van der Waals surface area contributed by atoms with Crippen LogP contribution in [0.4, 0.5) is 5.69 Å². The number of hydrogen-bond acceptors (Lipinski definition) is 6. The predicted molar refractivity (Wildman–Crippen MR) is 78.6 cm³/mol. The van der Waals surface area contributed by atoms with Crippen molar-refractivity contribution in [2.45, 2.75) is 30.3 Å². The van der Waals surface area contributed by atoms with Crippen molar-refractivity contribution in [3.05, 3.63) is 28.4 Å². The summed E-state index contributed by atoms with van der Waals surface area (Å²) in [6.45, 7) is 0.482. The standard InChI is InChI=1S/C13H15N3O5S/c17-12(15-6-1-2-10(15)13(18)19)5-7-22-11-4-3-9(8-14-11)16(20)21/h3-4,8,10H,1-2,5-7H2,(H,18,19). The van der Waals surface area contributed by atoms with Crippen molar-refractivity contribution in [3.63, 3.8) is 0 Å². The van der Waals surface area contributed by atoms with E-state index in [1.165, 1.54) is 35.0 Å².